The number of rotatable bonds is 7. The zero-order chi connectivity index (χ0) is 21.2. The topological polar surface area (TPSA) is 79.4 Å². The molecule has 0 saturated carbocycles. The molecule has 1 N–H and O–H groups in total. The minimum atomic E-state index is -3.59. The Balaban J connectivity index is 1.65. The van der Waals surface area contributed by atoms with E-state index in [9.17, 15) is 13.2 Å². The quantitative estimate of drug-likeness (QED) is 0.596. The highest BCUT2D eigenvalue weighted by Gasteiger charge is 2.20. The smallest absolute Gasteiger partial charge is 0.251 e. The van der Waals surface area contributed by atoms with E-state index in [1.54, 1.807) is 35.7 Å². The number of aryl methyl sites for hydroxylation is 2. The molecule has 6 nitrogen and oxygen atoms in total. The van der Waals surface area contributed by atoms with E-state index >= 15 is 0 Å². The molecule has 0 aliphatic rings. The van der Waals surface area contributed by atoms with Gasteiger partial charge in [-0.1, -0.05) is 6.07 Å². The lowest BCUT2D eigenvalue weighted by molar-refractivity contribution is 0.0953. The Morgan fingerprint density at radius 1 is 1.17 bits per heavy atom. The zero-order valence-electron chi connectivity index (χ0n) is 16.7. The minimum absolute atomic E-state index is 0.111. The number of sulfonamides is 1. The van der Waals surface area contributed by atoms with Crippen LogP contribution < -0.4 is 5.32 Å². The standard InChI is InChI=1S/C20H23N3O3S3/c1-13-5-7-16(29(25,26)23(3)4)11-17(13)20(24)21-10-9-15-6-8-19(28-15)18-12-27-14(2)22-18/h5-8,11-12H,9-10H2,1-4H3,(H,21,24). The normalized spacial score (nSPS) is 11.8. The molecule has 1 amide bonds. The van der Waals surface area contributed by atoms with Gasteiger partial charge in [0.25, 0.3) is 5.91 Å². The van der Waals surface area contributed by atoms with Gasteiger partial charge in [0, 0.05) is 36.5 Å². The third-order valence-corrected chi connectivity index (χ3v) is 8.17. The Hall–Kier alpha value is -2.07. The number of thiophene rings is 1. The van der Waals surface area contributed by atoms with Crippen LogP contribution in [0.25, 0.3) is 10.6 Å². The number of thiazole rings is 1. The Morgan fingerprint density at radius 2 is 1.93 bits per heavy atom. The van der Waals surface area contributed by atoms with E-state index in [0.717, 1.165) is 30.3 Å². The molecule has 0 atom stereocenters. The molecule has 2 aromatic heterocycles. The van der Waals surface area contributed by atoms with Crippen LogP contribution in [-0.4, -0.2) is 44.3 Å². The summed E-state index contributed by atoms with van der Waals surface area (Å²) in [7, 11) is -0.646. The Bertz CT molecular complexity index is 1130. The van der Waals surface area contributed by atoms with Gasteiger partial charge >= 0.3 is 0 Å². The number of amides is 1. The molecule has 0 unspecified atom stereocenters. The number of hydrogen-bond acceptors (Lipinski definition) is 6. The van der Waals surface area contributed by atoms with Gasteiger partial charge in [0.1, 0.15) is 0 Å². The van der Waals surface area contributed by atoms with Gasteiger partial charge in [-0.25, -0.2) is 17.7 Å². The van der Waals surface area contributed by atoms with Gasteiger partial charge in [0.15, 0.2) is 0 Å². The second-order valence-electron chi connectivity index (χ2n) is 6.79. The fourth-order valence-electron chi connectivity index (χ4n) is 2.74. The van der Waals surface area contributed by atoms with Crippen LogP contribution in [-0.2, 0) is 16.4 Å². The van der Waals surface area contributed by atoms with Crippen LogP contribution in [0.2, 0.25) is 0 Å². The second-order valence-corrected chi connectivity index (χ2v) is 11.2. The van der Waals surface area contributed by atoms with Gasteiger partial charge < -0.3 is 5.32 Å². The average molecular weight is 450 g/mol. The molecule has 0 aliphatic carbocycles. The van der Waals surface area contributed by atoms with Crippen LogP contribution in [0.3, 0.4) is 0 Å². The van der Waals surface area contributed by atoms with Crippen molar-refractivity contribution in [1.82, 2.24) is 14.6 Å². The fourth-order valence-corrected chi connectivity index (χ4v) is 5.32. The van der Waals surface area contributed by atoms with Crippen molar-refractivity contribution in [2.45, 2.75) is 25.2 Å². The van der Waals surface area contributed by atoms with Crippen molar-refractivity contribution in [3.8, 4) is 10.6 Å². The van der Waals surface area contributed by atoms with E-state index in [-0.39, 0.29) is 10.8 Å². The molecular formula is C20H23N3O3S3. The van der Waals surface area contributed by atoms with Crippen LogP contribution in [0.4, 0.5) is 0 Å². The van der Waals surface area contributed by atoms with E-state index < -0.39 is 10.0 Å². The number of aromatic nitrogens is 1. The first kappa shape index (κ1) is 21.6. The molecule has 3 aromatic rings. The predicted octanol–water partition coefficient (Wildman–Crippen LogP) is 3.71. The number of nitrogens with zero attached hydrogens (tertiary/aromatic N) is 2. The molecule has 0 bridgehead atoms. The maximum atomic E-state index is 12.6. The lowest BCUT2D eigenvalue weighted by Gasteiger charge is -2.13. The summed E-state index contributed by atoms with van der Waals surface area (Å²) in [6.07, 6.45) is 0.703. The number of carbonyl (C=O) groups is 1. The first-order valence-electron chi connectivity index (χ1n) is 9.01. The lowest BCUT2D eigenvalue weighted by Crippen LogP contribution is -2.27. The molecule has 154 valence electrons. The van der Waals surface area contributed by atoms with Crippen LogP contribution in [0.1, 0.15) is 25.8 Å². The van der Waals surface area contributed by atoms with E-state index in [2.05, 4.69) is 22.4 Å². The van der Waals surface area contributed by atoms with Crippen molar-refractivity contribution in [3.63, 3.8) is 0 Å². The zero-order valence-corrected chi connectivity index (χ0v) is 19.2. The Morgan fingerprint density at radius 3 is 2.59 bits per heavy atom. The summed E-state index contributed by atoms with van der Waals surface area (Å²) in [5, 5.41) is 5.98. The molecule has 0 radical (unpaired) electrons. The molecule has 1 aromatic carbocycles. The molecular weight excluding hydrogens is 426 g/mol. The van der Waals surface area contributed by atoms with Gasteiger partial charge in [-0.2, -0.15) is 0 Å². The Kier molecular flexibility index (Phi) is 6.52. The number of nitrogens with one attached hydrogen (secondary N) is 1. The van der Waals surface area contributed by atoms with Crippen molar-refractivity contribution in [2.75, 3.05) is 20.6 Å². The molecule has 2 heterocycles. The van der Waals surface area contributed by atoms with Gasteiger partial charge in [-0.3, -0.25) is 4.79 Å². The number of benzene rings is 1. The predicted molar refractivity (Wildman–Crippen MR) is 118 cm³/mol. The summed E-state index contributed by atoms with van der Waals surface area (Å²) < 4.78 is 25.8. The van der Waals surface area contributed by atoms with Crippen molar-refractivity contribution in [1.29, 1.82) is 0 Å². The highest BCUT2D eigenvalue weighted by Crippen LogP contribution is 2.29. The summed E-state index contributed by atoms with van der Waals surface area (Å²) in [5.74, 6) is -0.273. The van der Waals surface area contributed by atoms with E-state index in [1.807, 2.05) is 12.3 Å². The summed E-state index contributed by atoms with van der Waals surface area (Å²) in [5.41, 5.74) is 2.09. The molecule has 0 fully saturated rings. The molecule has 3 rings (SSSR count). The fraction of sp³-hybridized carbons (Fsp3) is 0.300. The van der Waals surface area contributed by atoms with Crippen molar-refractivity contribution >= 4 is 38.6 Å². The van der Waals surface area contributed by atoms with E-state index in [4.69, 9.17) is 0 Å². The highest BCUT2D eigenvalue weighted by molar-refractivity contribution is 7.89. The largest absolute Gasteiger partial charge is 0.352 e. The average Bonchev–Trinajstić information content (AvgIpc) is 3.30. The van der Waals surface area contributed by atoms with Crippen LogP contribution in [0.5, 0.6) is 0 Å². The SMILES string of the molecule is Cc1nc(-c2ccc(CCNC(=O)c3cc(S(=O)(=O)N(C)C)ccc3C)s2)cs1. The minimum Gasteiger partial charge on any atom is -0.352 e. The third kappa shape index (κ3) is 4.92. The number of carbonyl (C=O) groups excluding carboxylic acids is 1. The molecule has 29 heavy (non-hydrogen) atoms. The maximum absolute atomic E-state index is 12.6. The van der Waals surface area contributed by atoms with Crippen LogP contribution in [0, 0.1) is 13.8 Å². The van der Waals surface area contributed by atoms with Crippen molar-refractivity contribution in [2.24, 2.45) is 0 Å². The monoisotopic (exact) mass is 449 g/mol. The van der Waals surface area contributed by atoms with Crippen LogP contribution >= 0.6 is 22.7 Å². The van der Waals surface area contributed by atoms with Crippen LogP contribution in [0.15, 0.2) is 40.6 Å². The summed E-state index contributed by atoms with van der Waals surface area (Å²) in [6, 6.07) is 8.72. The summed E-state index contributed by atoms with van der Waals surface area (Å²) in [6.45, 7) is 4.25. The number of hydrogen-bond donors (Lipinski definition) is 1. The first-order valence-corrected chi connectivity index (χ1v) is 12.1. The van der Waals surface area contributed by atoms with Crippen molar-refractivity contribution in [3.05, 3.63) is 56.7 Å². The molecule has 0 saturated heterocycles. The highest BCUT2D eigenvalue weighted by atomic mass is 32.2. The van der Waals surface area contributed by atoms with E-state index in [1.165, 1.54) is 26.2 Å². The van der Waals surface area contributed by atoms with E-state index in [0.29, 0.717) is 18.5 Å². The summed E-state index contributed by atoms with van der Waals surface area (Å²) >= 11 is 3.29. The van der Waals surface area contributed by atoms with Crippen molar-refractivity contribution < 1.29 is 13.2 Å². The second kappa shape index (κ2) is 8.74. The molecule has 0 spiro atoms. The Labute approximate surface area is 179 Å². The molecule has 0 aliphatic heterocycles. The maximum Gasteiger partial charge on any atom is 0.251 e. The first-order chi connectivity index (χ1) is 13.7. The van der Waals surface area contributed by atoms with Gasteiger partial charge in [-0.15, -0.1) is 22.7 Å². The lowest BCUT2D eigenvalue weighted by atomic mass is 10.1. The van der Waals surface area contributed by atoms with Gasteiger partial charge in [0.2, 0.25) is 10.0 Å². The third-order valence-electron chi connectivity index (χ3n) is 4.42. The van der Waals surface area contributed by atoms with Gasteiger partial charge in [0.05, 0.1) is 20.5 Å². The molecule has 9 heteroatoms. The summed E-state index contributed by atoms with van der Waals surface area (Å²) in [4.78, 5) is 19.5. The van der Waals surface area contributed by atoms with Gasteiger partial charge in [-0.05, 0) is 50.1 Å².